The predicted octanol–water partition coefficient (Wildman–Crippen LogP) is 2.71. The van der Waals surface area contributed by atoms with E-state index in [0.717, 1.165) is 18.5 Å². The van der Waals surface area contributed by atoms with E-state index in [1.54, 1.807) is 0 Å². The van der Waals surface area contributed by atoms with Crippen molar-refractivity contribution >= 4 is 5.57 Å². The van der Waals surface area contributed by atoms with Crippen LogP contribution in [0.5, 0.6) is 0 Å². The van der Waals surface area contributed by atoms with E-state index in [1.165, 1.54) is 11.1 Å². The first kappa shape index (κ1) is 8.11. The Labute approximate surface area is 78.6 Å². The van der Waals surface area contributed by atoms with Gasteiger partial charge in [-0.15, -0.1) is 0 Å². The molecule has 0 bridgehead atoms. The van der Waals surface area contributed by atoms with Crippen LogP contribution in [-0.4, -0.2) is 0 Å². The molecule has 13 heavy (non-hydrogen) atoms. The highest BCUT2D eigenvalue weighted by Gasteiger charge is 2.05. The smallest absolute Gasteiger partial charge is 0.0163 e. The zero-order chi connectivity index (χ0) is 9.10. The average Bonchev–Trinajstić information content (AvgIpc) is 2.20. The van der Waals surface area contributed by atoms with Gasteiger partial charge in [0, 0.05) is 11.3 Å². The lowest BCUT2D eigenvalue weighted by atomic mass is 9.97. The summed E-state index contributed by atoms with van der Waals surface area (Å²) in [7, 11) is 0. The van der Waals surface area contributed by atoms with Crippen LogP contribution in [0.2, 0.25) is 0 Å². The zero-order valence-electron chi connectivity index (χ0n) is 7.53. The van der Waals surface area contributed by atoms with E-state index in [0.29, 0.717) is 0 Å². The van der Waals surface area contributed by atoms with Crippen molar-refractivity contribution in [1.82, 2.24) is 0 Å². The molecular weight excluding hydrogens is 158 g/mol. The van der Waals surface area contributed by atoms with E-state index < -0.39 is 0 Å². The highest BCUT2D eigenvalue weighted by molar-refractivity contribution is 5.76. The Morgan fingerprint density at radius 2 is 1.85 bits per heavy atom. The number of allylic oxidation sites excluding steroid dienone is 4. The number of hydrogen-bond acceptors (Lipinski definition) is 1. The van der Waals surface area contributed by atoms with Crippen molar-refractivity contribution in [2.24, 2.45) is 5.73 Å². The molecule has 2 rings (SSSR count). The molecule has 1 nitrogen and oxygen atoms in total. The van der Waals surface area contributed by atoms with Crippen molar-refractivity contribution in [1.29, 1.82) is 0 Å². The van der Waals surface area contributed by atoms with Crippen LogP contribution in [0.3, 0.4) is 0 Å². The van der Waals surface area contributed by atoms with Gasteiger partial charge < -0.3 is 5.73 Å². The van der Waals surface area contributed by atoms with Gasteiger partial charge in [-0.05, 0) is 18.4 Å². The van der Waals surface area contributed by atoms with Gasteiger partial charge in [-0.3, -0.25) is 0 Å². The van der Waals surface area contributed by atoms with E-state index >= 15 is 0 Å². The van der Waals surface area contributed by atoms with Gasteiger partial charge in [-0.25, -0.2) is 0 Å². The molecular formula is C12H13N. The van der Waals surface area contributed by atoms with E-state index in [4.69, 9.17) is 5.73 Å². The first-order valence-corrected chi connectivity index (χ1v) is 4.58. The third-order valence-corrected chi connectivity index (χ3v) is 2.30. The van der Waals surface area contributed by atoms with Crippen LogP contribution in [0.4, 0.5) is 0 Å². The van der Waals surface area contributed by atoms with Gasteiger partial charge in [-0.2, -0.15) is 0 Å². The topological polar surface area (TPSA) is 26.0 Å². The zero-order valence-corrected chi connectivity index (χ0v) is 7.53. The second kappa shape index (κ2) is 3.48. The van der Waals surface area contributed by atoms with Crippen LogP contribution >= 0.6 is 0 Å². The number of benzene rings is 1. The van der Waals surface area contributed by atoms with Crippen LogP contribution in [0.1, 0.15) is 18.4 Å². The number of nitrogens with two attached hydrogens (primary N) is 1. The van der Waals surface area contributed by atoms with Gasteiger partial charge in [0.2, 0.25) is 0 Å². The summed E-state index contributed by atoms with van der Waals surface area (Å²) < 4.78 is 0. The van der Waals surface area contributed by atoms with Crippen LogP contribution in [-0.2, 0) is 0 Å². The molecule has 0 atom stereocenters. The Bertz CT molecular complexity index is 347. The Balaban J connectivity index is 2.41. The summed E-state index contributed by atoms with van der Waals surface area (Å²) in [5.74, 6) is 0. The van der Waals surface area contributed by atoms with Gasteiger partial charge >= 0.3 is 0 Å². The summed E-state index contributed by atoms with van der Waals surface area (Å²) in [5, 5.41) is 0. The van der Waals surface area contributed by atoms with Crippen molar-refractivity contribution in [3.05, 3.63) is 53.7 Å². The molecule has 0 amide bonds. The Morgan fingerprint density at radius 3 is 2.54 bits per heavy atom. The fraction of sp³-hybridized carbons (Fsp3) is 0.167. The summed E-state index contributed by atoms with van der Waals surface area (Å²) in [5.41, 5.74) is 9.35. The highest BCUT2D eigenvalue weighted by atomic mass is 14.6. The van der Waals surface area contributed by atoms with Crippen LogP contribution in [0.15, 0.2) is 48.2 Å². The van der Waals surface area contributed by atoms with Crippen molar-refractivity contribution < 1.29 is 0 Å². The molecule has 0 unspecified atom stereocenters. The molecule has 0 saturated heterocycles. The largest absolute Gasteiger partial charge is 0.402 e. The summed E-state index contributed by atoms with van der Waals surface area (Å²) in [6.45, 7) is 0. The van der Waals surface area contributed by atoms with E-state index in [-0.39, 0.29) is 0 Å². The number of hydrogen-bond donors (Lipinski definition) is 1. The van der Waals surface area contributed by atoms with Gasteiger partial charge in [0.15, 0.2) is 0 Å². The van der Waals surface area contributed by atoms with Crippen molar-refractivity contribution in [2.75, 3.05) is 0 Å². The molecule has 1 aliphatic rings. The lowest BCUT2D eigenvalue weighted by Gasteiger charge is -2.11. The van der Waals surface area contributed by atoms with Crippen molar-refractivity contribution in [3.8, 4) is 0 Å². The van der Waals surface area contributed by atoms with Crippen molar-refractivity contribution in [2.45, 2.75) is 12.8 Å². The average molecular weight is 171 g/mol. The Hall–Kier alpha value is -1.50. The molecule has 1 aromatic carbocycles. The molecule has 0 aromatic heterocycles. The quantitative estimate of drug-likeness (QED) is 0.690. The molecule has 0 heterocycles. The first-order chi connectivity index (χ1) is 6.38. The first-order valence-electron chi connectivity index (χ1n) is 4.58. The third kappa shape index (κ3) is 1.64. The van der Waals surface area contributed by atoms with Gasteiger partial charge in [-0.1, -0.05) is 42.5 Å². The van der Waals surface area contributed by atoms with Gasteiger partial charge in [0.05, 0.1) is 0 Å². The Kier molecular flexibility index (Phi) is 2.17. The molecule has 1 heteroatoms. The highest BCUT2D eigenvalue weighted by Crippen LogP contribution is 2.23. The van der Waals surface area contributed by atoms with Gasteiger partial charge in [0.25, 0.3) is 0 Å². The molecule has 0 aliphatic heterocycles. The SMILES string of the molecule is NC1=C(c2ccccc2)C=CCC1. The van der Waals surface area contributed by atoms with Crippen LogP contribution in [0, 0.1) is 0 Å². The van der Waals surface area contributed by atoms with E-state index in [2.05, 4.69) is 24.3 Å². The van der Waals surface area contributed by atoms with Crippen LogP contribution in [0.25, 0.3) is 5.57 Å². The fourth-order valence-electron chi connectivity index (χ4n) is 1.58. The maximum absolute atomic E-state index is 5.94. The lowest BCUT2D eigenvalue weighted by molar-refractivity contribution is 0.950. The van der Waals surface area contributed by atoms with E-state index in [9.17, 15) is 0 Å². The molecule has 0 saturated carbocycles. The Morgan fingerprint density at radius 1 is 1.08 bits per heavy atom. The minimum absolute atomic E-state index is 0.987. The minimum atomic E-state index is 0.987. The summed E-state index contributed by atoms with van der Waals surface area (Å²) >= 11 is 0. The normalized spacial score (nSPS) is 16.3. The maximum atomic E-state index is 5.94. The molecule has 1 aromatic rings. The predicted molar refractivity (Wildman–Crippen MR) is 55.9 cm³/mol. The third-order valence-electron chi connectivity index (χ3n) is 2.30. The van der Waals surface area contributed by atoms with Crippen molar-refractivity contribution in [3.63, 3.8) is 0 Å². The molecule has 0 fully saturated rings. The second-order valence-electron chi connectivity index (χ2n) is 3.25. The second-order valence-corrected chi connectivity index (χ2v) is 3.25. The summed E-state index contributed by atoms with van der Waals surface area (Å²) in [6, 6.07) is 10.3. The lowest BCUT2D eigenvalue weighted by Crippen LogP contribution is -2.03. The van der Waals surface area contributed by atoms with Gasteiger partial charge in [0.1, 0.15) is 0 Å². The molecule has 1 aliphatic carbocycles. The molecule has 66 valence electrons. The summed E-state index contributed by atoms with van der Waals surface area (Å²) in [4.78, 5) is 0. The van der Waals surface area contributed by atoms with Crippen LogP contribution < -0.4 is 5.73 Å². The molecule has 0 spiro atoms. The maximum Gasteiger partial charge on any atom is 0.0163 e. The molecule has 2 N–H and O–H groups in total. The monoisotopic (exact) mass is 171 g/mol. The fourth-order valence-corrected chi connectivity index (χ4v) is 1.58. The summed E-state index contributed by atoms with van der Waals surface area (Å²) in [6.07, 6.45) is 6.36. The number of rotatable bonds is 1. The van der Waals surface area contributed by atoms with E-state index in [1.807, 2.05) is 18.2 Å². The standard InChI is InChI=1S/C12H13N/c13-12-9-5-4-8-11(12)10-6-2-1-3-7-10/h1-4,6-8H,5,9,13H2. The minimum Gasteiger partial charge on any atom is -0.402 e. The molecule has 0 radical (unpaired) electrons.